The van der Waals surface area contributed by atoms with E-state index in [0.717, 1.165) is 0 Å². The Morgan fingerprint density at radius 3 is 1.00 bits per heavy atom. The van der Waals surface area contributed by atoms with Gasteiger partial charge >= 0.3 is 37.7 Å². The average molecular weight is 259 g/mol. The van der Waals surface area contributed by atoms with E-state index in [1.54, 1.807) is 0 Å². The molecule has 0 aromatic rings. The maximum Gasteiger partial charge on any atom is 0 e. The van der Waals surface area contributed by atoms with Crippen LogP contribution < -0.4 is 0 Å². The van der Waals surface area contributed by atoms with Gasteiger partial charge in [0.1, 0.15) is 0 Å². The molecule has 0 aliphatic carbocycles. The molecule has 0 spiro atoms. The van der Waals surface area contributed by atoms with E-state index in [2.05, 4.69) is 0 Å². The van der Waals surface area contributed by atoms with Crippen LogP contribution in [-0.2, 0) is 21.7 Å². The summed E-state index contributed by atoms with van der Waals surface area (Å²) in [5.41, 5.74) is 0. The quantitative estimate of drug-likeness (QED) is 0.437. The first-order valence-corrected chi connectivity index (χ1v) is 0. The van der Waals surface area contributed by atoms with E-state index in [9.17, 15) is 0 Å². The smallest absolute Gasteiger partial charge is 0 e. The van der Waals surface area contributed by atoms with Crippen molar-refractivity contribution >= 4 is 55.1 Å². The van der Waals surface area contributed by atoms with Crippen LogP contribution in [0.25, 0.3) is 0 Å². The molecular formula is H5AlCaLaTi. The van der Waals surface area contributed by atoms with Crippen LogP contribution in [0, 0.1) is 35.6 Å². The second-order valence-corrected chi connectivity index (χ2v) is 0. The van der Waals surface area contributed by atoms with Gasteiger partial charge in [0, 0.05) is 57.3 Å². The third-order valence-electron chi connectivity index (χ3n) is 0. The van der Waals surface area contributed by atoms with Crippen LogP contribution in [0.3, 0.4) is 0 Å². The zero-order valence-electron chi connectivity index (χ0n) is 1.08. The van der Waals surface area contributed by atoms with Gasteiger partial charge in [0.2, 0.25) is 0 Å². The van der Waals surface area contributed by atoms with Crippen LogP contribution in [-0.4, -0.2) is 55.1 Å². The molecular weight excluding hydrogens is 254 g/mol. The van der Waals surface area contributed by atoms with E-state index in [0.29, 0.717) is 0 Å². The molecule has 4 heavy (non-hydrogen) atoms. The molecule has 1 radical (unpaired) electrons. The molecule has 0 unspecified atom stereocenters. The molecule has 0 aromatic heterocycles. The molecule has 0 aliphatic heterocycles. The fourth-order valence-electron chi connectivity index (χ4n) is 0. The molecule has 0 rings (SSSR count). The van der Waals surface area contributed by atoms with Gasteiger partial charge in [-0.1, -0.05) is 0 Å². The molecule has 0 heterocycles. The Hall–Kier alpha value is 3.70. The van der Waals surface area contributed by atoms with Gasteiger partial charge in [0.05, 0.1) is 0 Å². The Labute approximate surface area is 109 Å². The van der Waals surface area contributed by atoms with Gasteiger partial charge in [0.15, 0.2) is 17.4 Å². The van der Waals surface area contributed by atoms with E-state index < -0.39 is 0 Å². The van der Waals surface area contributed by atoms with E-state index in [1.165, 1.54) is 0 Å². The van der Waals surface area contributed by atoms with Crippen molar-refractivity contribution in [3.05, 3.63) is 0 Å². The Morgan fingerprint density at radius 2 is 1.00 bits per heavy atom. The van der Waals surface area contributed by atoms with E-state index in [4.69, 9.17) is 0 Å². The Bertz CT molecular complexity index is 8.00. The second kappa shape index (κ2) is 15.9. The maximum absolute atomic E-state index is 0. The minimum absolute atomic E-state index is 0. The SMILES string of the molecule is [AlH3].[CaH2].[La].[Ti]. The molecule has 17 valence electrons. The summed E-state index contributed by atoms with van der Waals surface area (Å²) in [4.78, 5) is 0. The Balaban J connectivity index is 0. The van der Waals surface area contributed by atoms with Crippen LogP contribution in [0.15, 0.2) is 0 Å². The standard InChI is InChI=1S/Al.Ca.La.Ti.5H. The molecule has 0 saturated heterocycles. The molecule has 0 bridgehead atoms. The van der Waals surface area contributed by atoms with Gasteiger partial charge in [0.25, 0.3) is 0 Å². The van der Waals surface area contributed by atoms with Crippen LogP contribution in [0.4, 0.5) is 0 Å². The molecule has 4 heteroatoms. The monoisotopic (exact) mass is 259 g/mol. The van der Waals surface area contributed by atoms with E-state index in [-0.39, 0.29) is 112 Å². The summed E-state index contributed by atoms with van der Waals surface area (Å²) in [5.74, 6) is 0. The topological polar surface area (TPSA) is 0 Å². The second-order valence-electron chi connectivity index (χ2n) is 0. The first-order chi connectivity index (χ1) is 0. The van der Waals surface area contributed by atoms with Gasteiger partial charge in [-0.3, -0.25) is 0 Å². The molecule has 0 N–H and O–H groups in total. The van der Waals surface area contributed by atoms with Crippen LogP contribution in [0.5, 0.6) is 0 Å². The minimum Gasteiger partial charge on any atom is 0 e. The number of hydrogen-bond donors (Lipinski definition) is 0. The summed E-state index contributed by atoms with van der Waals surface area (Å²) >= 11 is 0. The number of hydrogen-bond acceptors (Lipinski definition) is 0. The van der Waals surface area contributed by atoms with Crippen molar-refractivity contribution in [3.63, 3.8) is 0 Å². The largest absolute Gasteiger partial charge is 0 e. The van der Waals surface area contributed by atoms with Crippen molar-refractivity contribution in [2.45, 2.75) is 0 Å². The van der Waals surface area contributed by atoms with Gasteiger partial charge < -0.3 is 0 Å². The summed E-state index contributed by atoms with van der Waals surface area (Å²) in [6.45, 7) is 0. The first-order valence-electron chi connectivity index (χ1n) is 0. The maximum atomic E-state index is 0. The first kappa shape index (κ1) is 25.2. The normalized spacial score (nSPS) is 0. The zero-order valence-corrected chi connectivity index (χ0v) is 6.26. The minimum atomic E-state index is 0. The fraction of sp³-hybridized carbons (Fsp3) is 0. The molecule has 0 atom stereocenters. The molecule has 0 aliphatic rings. The van der Waals surface area contributed by atoms with Crippen LogP contribution in [0.1, 0.15) is 0 Å². The van der Waals surface area contributed by atoms with Gasteiger partial charge in [-0.2, -0.15) is 0 Å². The van der Waals surface area contributed by atoms with Crippen LogP contribution >= 0.6 is 0 Å². The van der Waals surface area contributed by atoms with Crippen molar-refractivity contribution in [1.82, 2.24) is 0 Å². The van der Waals surface area contributed by atoms with Gasteiger partial charge in [-0.25, -0.2) is 0 Å². The Kier molecular flexibility index (Phi) is 100. The van der Waals surface area contributed by atoms with Crippen molar-refractivity contribution in [2.75, 3.05) is 0 Å². The third-order valence-corrected chi connectivity index (χ3v) is 0. The summed E-state index contributed by atoms with van der Waals surface area (Å²) in [6, 6.07) is 0. The molecule has 0 aromatic carbocycles. The molecule has 0 nitrogen and oxygen atoms in total. The molecule has 0 amide bonds. The van der Waals surface area contributed by atoms with Crippen molar-refractivity contribution < 1.29 is 57.3 Å². The predicted molar refractivity (Wildman–Crippen MR) is 18.5 cm³/mol. The summed E-state index contributed by atoms with van der Waals surface area (Å²) < 4.78 is 0. The van der Waals surface area contributed by atoms with E-state index in [1.807, 2.05) is 0 Å². The zero-order chi connectivity index (χ0) is 0. The summed E-state index contributed by atoms with van der Waals surface area (Å²) in [6.07, 6.45) is 0. The predicted octanol–water partition coefficient (Wildman–Crippen LogP) is -2.10. The van der Waals surface area contributed by atoms with Gasteiger partial charge in [-0.15, -0.1) is 0 Å². The average Bonchev–Trinajstić information content (AvgIpc) is 0. The summed E-state index contributed by atoms with van der Waals surface area (Å²) in [7, 11) is 0. The third kappa shape index (κ3) is 9.20. The Morgan fingerprint density at radius 1 is 1.00 bits per heavy atom. The molecule has 0 saturated carbocycles. The van der Waals surface area contributed by atoms with Crippen molar-refractivity contribution in [2.24, 2.45) is 0 Å². The summed E-state index contributed by atoms with van der Waals surface area (Å²) in [5, 5.41) is 0. The number of rotatable bonds is 0. The van der Waals surface area contributed by atoms with Crippen molar-refractivity contribution in [1.29, 1.82) is 0 Å². The van der Waals surface area contributed by atoms with E-state index >= 15 is 0 Å². The van der Waals surface area contributed by atoms with Crippen LogP contribution in [0.2, 0.25) is 0 Å². The van der Waals surface area contributed by atoms with Crippen molar-refractivity contribution in [3.8, 4) is 0 Å². The fourth-order valence-corrected chi connectivity index (χ4v) is 0. The van der Waals surface area contributed by atoms with Gasteiger partial charge in [-0.05, 0) is 0 Å². The molecule has 0 fully saturated rings.